The molecule has 0 aromatic carbocycles. The van der Waals surface area contributed by atoms with Crippen LogP contribution >= 0.6 is 0 Å². The van der Waals surface area contributed by atoms with Gasteiger partial charge in [-0.15, -0.1) is 0 Å². The van der Waals surface area contributed by atoms with Crippen molar-refractivity contribution in [3.63, 3.8) is 0 Å². The molecular weight excluding hydrogens is 146 g/mol. The fourth-order valence-electron chi connectivity index (χ4n) is 0.653. The second-order valence-electron chi connectivity index (χ2n) is 2.13. The number of aromatic nitrogens is 2. The molecule has 1 heterocycles. The average Bonchev–Trinajstić information content (AvgIpc) is 1.97. The Labute approximate surface area is 62.6 Å². The highest BCUT2D eigenvalue weighted by Crippen LogP contribution is 2.05. The maximum absolute atomic E-state index is 11.0. The predicted octanol–water partition coefficient (Wildman–Crippen LogP) is -1.47. The topological polar surface area (TPSA) is 113 Å². The average molecular weight is 155 g/mol. The monoisotopic (exact) mass is 155 g/mol. The van der Waals surface area contributed by atoms with Crippen molar-refractivity contribution in [3.05, 3.63) is 10.4 Å². The van der Waals surface area contributed by atoms with Crippen molar-refractivity contribution in [2.45, 2.75) is 0 Å². The summed E-state index contributed by atoms with van der Waals surface area (Å²) < 4.78 is 1.13. The Morgan fingerprint density at radius 2 is 1.91 bits per heavy atom. The Balaban J connectivity index is 3.59. The van der Waals surface area contributed by atoms with Crippen LogP contribution in [0, 0.1) is 0 Å². The maximum Gasteiger partial charge on any atom is 0.280 e. The lowest BCUT2D eigenvalue weighted by molar-refractivity contribution is 0.850. The minimum atomic E-state index is -0.421. The molecule has 6 N–H and O–H groups in total. The molecule has 11 heavy (non-hydrogen) atoms. The Hall–Kier alpha value is -1.72. The molecule has 6 heteroatoms. The van der Waals surface area contributed by atoms with Crippen LogP contribution in [0.4, 0.5) is 17.5 Å². The quantitative estimate of drug-likeness (QED) is 0.423. The third-order valence-electron chi connectivity index (χ3n) is 1.39. The van der Waals surface area contributed by atoms with Crippen LogP contribution in [0.25, 0.3) is 0 Å². The van der Waals surface area contributed by atoms with Crippen LogP contribution in [0.5, 0.6) is 0 Å². The number of anilines is 3. The summed E-state index contributed by atoms with van der Waals surface area (Å²) in [6.07, 6.45) is 0. The molecule has 0 amide bonds. The summed E-state index contributed by atoms with van der Waals surface area (Å²) in [5.41, 5.74) is 15.4. The number of nitrogen functional groups attached to an aromatic ring is 3. The summed E-state index contributed by atoms with van der Waals surface area (Å²) in [6, 6.07) is 0. The van der Waals surface area contributed by atoms with E-state index in [4.69, 9.17) is 17.2 Å². The van der Waals surface area contributed by atoms with Crippen molar-refractivity contribution in [3.8, 4) is 0 Å². The van der Waals surface area contributed by atoms with Crippen molar-refractivity contribution in [2.24, 2.45) is 7.05 Å². The van der Waals surface area contributed by atoms with E-state index in [1.165, 1.54) is 7.05 Å². The van der Waals surface area contributed by atoms with Crippen molar-refractivity contribution in [2.75, 3.05) is 17.2 Å². The lowest BCUT2D eigenvalue weighted by Crippen LogP contribution is -2.25. The van der Waals surface area contributed by atoms with Gasteiger partial charge in [-0.25, -0.2) is 0 Å². The number of nitrogens with two attached hydrogens (primary N) is 3. The highest BCUT2D eigenvalue weighted by atomic mass is 16.1. The zero-order valence-corrected chi connectivity index (χ0v) is 6.03. The van der Waals surface area contributed by atoms with Gasteiger partial charge in [0.1, 0.15) is 5.69 Å². The van der Waals surface area contributed by atoms with E-state index in [0.29, 0.717) is 0 Å². The lowest BCUT2D eigenvalue weighted by Gasteiger charge is -2.04. The van der Waals surface area contributed by atoms with Crippen molar-refractivity contribution in [1.29, 1.82) is 0 Å². The highest BCUT2D eigenvalue weighted by molar-refractivity contribution is 5.58. The van der Waals surface area contributed by atoms with Crippen LogP contribution < -0.4 is 22.8 Å². The second kappa shape index (κ2) is 2.15. The summed E-state index contributed by atoms with van der Waals surface area (Å²) in [6.45, 7) is 0. The molecule has 0 atom stereocenters. The number of rotatable bonds is 0. The van der Waals surface area contributed by atoms with Gasteiger partial charge >= 0.3 is 0 Å². The zero-order valence-electron chi connectivity index (χ0n) is 6.03. The Bertz CT molecular complexity index is 312. The first-order valence-electron chi connectivity index (χ1n) is 2.91. The molecule has 0 saturated carbocycles. The predicted molar refractivity (Wildman–Crippen MR) is 42.7 cm³/mol. The summed E-state index contributed by atoms with van der Waals surface area (Å²) in [5, 5.41) is 0. The van der Waals surface area contributed by atoms with E-state index in [1.807, 2.05) is 0 Å². The number of nitrogens with zero attached hydrogens (tertiary/aromatic N) is 2. The van der Waals surface area contributed by atoms with E-state index in [-0.39, 0.29) is 17.5 Å². The third kappa shape index (κ3) is 0.977. The van der Waals surface area contributed by atoms with Crippen molar-refractivity contribution in [1.82, 2.24) is 9.55 Å². The van der Waals surface area contributed by atoms with E-state index in [1.54, 1.807) is 0 Å². The largest absolute Gasteiger partial charge is 0.391 e. The molecule has 0 radical (unpaired) electrons. The zero-order chi connectivity index (χ0) is 8.59. The first-order chi connectivity index (χ1) is 5.04. The van der Waals surface area contributed by atoms with Gasteiger partial charge in [-0.3, -0.25) is 9.36 Å². The summed E-state index contributed by atoms with van der Waals surface area (Å²) in [7, 11) is 1.47. The first-order valence-corrected chi connectivity index (χ1v) is 2.91. The van der Waals surface area contributed by atoms with Crippen molar-refractivity contribution < 1.29 is 0 Å². The maximum atomic E-state index is 11.0. The van der Waals surface area contributed by atoms with Gasteiger partial charge in [0.15, 0.2) is 5.82 Å². The summed E-state index contributed by atoms with van der Waals surface area (Å²) in [5.74, 6) is 0.0345. The minimum absolute atomic E-state index is 0.0226. The first kappa shape index (κ1) is 7.39. The summed E-state index contributed by atoms with van der Waals surface area (Å²) >= 11 is 0. The fraction of sp³-hybridized carbons (Fsp3) is 0.200. The molecule has 0 fully saturated rings. The molecule has 1 aromatic rings. The molecular formula is C5H9N5O. The standard InChI is InChI=1S/C5H9N5O/c1-10-4(11)2(6)3(7)9-5(10)8/h6-7H2,1H3,(H2,8,9). The number of hydrogen-bond acceptors (Lipinski definition) is 5. The second-order valence-corrected chi connectivity index (χ2v) is 2.13. The normalized spacial score (nSPS) is 9.91. The van der Waals surface area contributed by atoms with E-state index >= 15 is 0 Å². The fourth-order valence-corrected chi connectivity index (χ4v) is 0.653. The molecule has 1 rings (SSSR count). The molecule has 0 bridgehead atoms. The van der Waals surface area contributed by atoms with Gasteiger partial charge in [0.05, 0.1) is 0 Å². The van der Waals surface area contributed by atoms with Crippen molar-refractivity contribution >= 4 is 17.5 Å². The lowest BCUT2D eigenvalue weighted by atomic mass is 10.5. The molecule has 1 aromatic heterocycles. The van der Waals surface area contributed by atoms with Gasteiger partial charge < -0.3 is 17.2 Å². The molecule has 0 unspecified atom stereocenters. The van der Waals surface area contributed by atoms with Gasteiger partial charge in [0.25, 0.3) is 5.56 Å². The van der Waals surface area contributed by atoms with Crippen LogP contribution in [0.15, 0.2) is 4.79 Å². The molecule has 0 saturated heterocycles. The molecule has 0 aliphatic rings. The van der Waals surface area contributed by atoms with Crippen LogP contribution in [-0.2, 0) is 7.05 Å². The Kier molecular flexibility index (Phi) is 1.45. The van der Waals surface area contributed by atoms with Gasteiger partial charge in [-0.2, -0.15) is 4.98 Å². The van der Waals surface area contributed by atoms with Gasteiger partial charge in [-0.05, 0) is 0 Å². The highest BCUT2D eigenvalue weighted by Gasteiger charge is 2.05. The van der Waals surface area contributed by atoms with Gasteiger partial charge in [0, 0.05) is 7.05 Å². The van der Waals surface area contributed by atoms with Gasteiger partial charge in [-0.1, -0.05) is 0 Å². The van der Waals surface area contributed by atoms with Crippen LogP contribution in [-0.4, -0.2) is 9.55 Å². The van der Waals surface area contributed by atoms with E-state index in [2.05, 4.69) is 4.98 Å². The van der Waals surface area contributed by atoms with Gasteiger partial charge in [0.2, 0.25) is 5.95 Å². The third-order valence-corrected chi connectivity index (χ3v) is 1.39. The van der Waals surface area contributed by atoms with Crippen LogP contribution in [0.2, 0.25) is 0 Å². The Morgan fingerprint density at radius 3 is 2.45 bits per heavy atom. The number of hydrogen-bond donors (Lipinski definition) is 3. The molecule has 60 valence electrons. The smallest absolute Gasteiger partial charge is 0.280 e. The van der Waals surface area contributed by atoms with E-state index in [0.717, 1.165) is 4.57 Å². The summed E-state index contributed by atoms with van der Waals surface area (Å²) in [4.78, 5) is 14.7. The van der Waals surface area contributed by atoms with E-state index in [9.17, 15) is 4.79 Å². The SMILES string of the molecule is Cn1c(N)nc(N)c(N)c1=O. The molecule has 0 aliphatic heterocycles. The van der Waals surface area contributed by atoms with Crippen LogP contribution in [0.3, 0.4) is 0 Å². The minimum Gasteiger partial charge on any atom is -0.391 e. The van der Waals surface area contributed by atoms with Crippen LogP contribution in [0.1, 0.15) is 0 Å². The van der Waals surface area contributed by atoms with E-state index < -0.39 is 5.56 Å². The molecule has 0 aliphatic carbocycles. The molecule has 6 nitrogen and oxygen atoms in total. The molecule has 0 spiro atoms. The Morgan fingerprint density at radius 1 is 1.36 bits per heavy atom.